The molecule has 0 bridgehead atoms. The monoisotopic (exact) mass is 462 g/mol. The molecule has 4 nitrogen and oxygen atoms in total. The van der Waals surface area contributed by atoms with Gasteiger partial charge in [-0.3, -0.25) is 9.59 Å². The minimum absolute atomic E-state index is 0.0758. The van der Waals surface area contributed by atoms with Gasteiger partial charge >= 0.3 is 5.97 Å². The fourth-order valence-corrected chi connectivity index (χ4v) is 13.9. The Hall–Kier alpha value is -0.943. The summed E-state index contributed by atoms with van der Waals surface area (Å²) in [7, 11) is -0.575. The van der Waals surface area contributed by atoms with Crippen LogP contribution in [-0.2, 0) is 18.8 Å². The summed E-state index contributed by atoms with van der Waals surface area (Å²) >= 11 is 0. The van der Waals surface area contributed by atoms with E-state index in [2.05, 4.69) is 67.5 Å². The summed E-state index contributed by atoms with van der Waals surface area (Å²) in [5.74, 6) is 0.222. The highest BCUT2D eigenvalue weighted by Crippen LogP contribution is 2.63. The number of carbonyl (C=O) groups is 2. The van der Waals surface area contributed by atoms with Gasteiger partial charge in [-0.25, -0.2) is 0 Å². The van der Waals surface area contributed by atoms with E-state index in [9.17, 15) is 9.59 Å². The minimum Gasteiger partial charge on any atom is -0.468 e. The zero-order valence-corrected chi connectivity index (χ0v) is 22.9. The van der Waals surface area contributed by atoms with E-state index in [4.69, 9.17) is 9.16 Å². The Labute approximate surface area is 197 Å². The molecule has 0 amide bonds. The second kappa shape index (κ2) is 9.01. The largest absolute Gasteiger partial charge is 0.468 e. The highest BCUT2D eigenvalue weighted by atomic mass is 28.4. The molecular weight excluding hydrogens is 416 g/mol. The summed E-state index contributed by atoms with van der Waals surface area (Å²) in [6.45, 7) is 18.7. The lowest BCUT2D eigenvalue weighted by molar-refractivity contribution is -0.181. The van der Waals surface area contributed by atoms with Gasteiger partial charge in [0.1, 0.15) is 5.41 Å². The second-order valence-corrected chi connectivity index (χ2v) is 17.4. The first kappa shape index (κ1) is 25.7. The molecule has 3 aliphatic carbocycles. The number of hydrogen-bond donors (Lipinski definition) is 0. The van der Waals surface area contributed by atoms with Crippen molar-refractivity contribution in [3.8, 4) is 0 Å². The molecule has 0 radical (unpaired) electrons. The van der Waals surface area contributed by atoms with Gasteiger partial charge in [0.2, 0.25) is 8.32 Å². The van der Waals surface area contributed by atoms with Crippen molar-refractivity contribution >= 4 is 20.1 Å². The minimum atomic E-state index is -2.00. The normalized spacial score (nSPS) is 37.6. The molecule has 0 saturated heterocycles. The lowest BCUT2D eigenvalue weighted by Gasteiger charge is -2.60. The average Bonchev–Trinajstić information content (AvgIpc) is 2.74. The van der Waals surface area contributed by atoms with Crippen LogP contribution >= 0.6 is 0 Å². The highest BCUT2D eigenvalue weighted by molar-refractivity contribution is 6.77. The summed E-state index contributed by atoms with van der Waals surface area (Å²) in [6, 6.07) is 0. The van der Waals surface area contributed by atoms with E-state index in [1.54, 1.807) is 0 Å². The molecular formula is C27H46O4Si. The van der Waals surface area contributed by atoms with Crippen molar-refractivity contribution in [1.82, 2.24) is 0 Å². The van der Waals surface area contributed by atoms with Crippen LogP contribution in [0, 0.1) is 28.6 Å². The summed E-state index contributed by atoms with van der Waals surface area (Å²) in [5.41, 5.74) is 0.558. The molecule has 0 aromatic heterocycles. The SMILES string of the molecule is COC(=O)[C@@]12CCC=C[C@@H]1[C@@]1(C)CC[C@H](O[Si](C(C)C)(C(C)C)C(C)C)[C@@H](C)[C@@H]1CC2=O. The molecule has 2 saturated carbocycles. The maximum Gasteiger partial charge on any atom is 0.319 e. The summed E-state index contributed by atoms with van der Waals surface area (Å²) < 4.78 is 12.5. The number of hydrogen-bond acceptors (Lipinski definition) is 4. The van der Waals surface area contributed by atoms with Crippen LogP contribution in [0.5, 0.6) is 0 Å². The third kappa shape index (κ3) is 3.57. The van der Waals surface area contributed by atoms with Gasteiger partial charge in [0.05, 0.1) is 7.11 Å². The van der Waals surface area contributed by atoms with Crippen LogP contribution in [0.4, 0.5) is 0 Å². The van der Waals surface area contributed by atoms with E-state index in [1.165, 1.54) is 7.11 Å². The van der Waals surface area contributed by atoms with Crippen molar-refractivity contribution in [2.75, 3.05) is 7.11 Å². The van der Waals surface area contributed by atoms with E-state index in [1.807, 2.05) is 0 Å². The molecule has 3 aliphatic rings. The summed E-state index contributed by atoms with van der Waals surface area (Å²) in [4.78, 5) is 26.7. The first-order valence-corrected chi connectivity index (χ1v) is 15.0. The number of esters is 1. The van der Waals surface area contributed by atoms with Crippen molar-refractivity contribution in [3.05, 3.63) is 12.2 Å². The third-order valence-electron chi connectivity index (χ3n) is 9.83. The van der Waals surface area contributed by atoms with Gasteiger partial charge in [-0.15, -0.1) is 0 Å². The molecule has 0 unspecified atom stereocenters. The van der Waals surface area contributed by atoms with Crippen molar-refractivity contribution in [2.24, 2.45) is 28.6 Å². The van der Waals surface area contributed by atoms with Gasteiger partial charge in [0, 0.05) is 18.4 Å². The second-order valence-electron chi connectivity index (χ2n) is 12.0. The highest BCUT2D eigenvalue weighted by Gasteiger charge is 2.66. The number of Topliss-reactive ketones (excluding diaryl/α,β-unsaturated/α-hetero) is 1. The predicted molar refractivity (Wildman–Crippen MR) is 132 cm³/mol. The Kier molecular flexibility index (Phi) is 7.23. The fourth-order valence-electron chi connectivity index (χ4n) is 8.27. The molecule has 0 aromatic rings. The molecule has 182 valence electrons. The topological polar surface area (TPSA) is 52.6 Å². The molecule has 0 heterocycles. The Bertz CT molecular complexity index is 735. The number of carbonyl (C=O) groups excluding carboxylic acids is 2. The molecule has 6 atom stereocenters. The molecule has 0 spiro atoms. The third-order valence-corrected chi connectivity index (χ3v) is 16.0. The van der Waals surface area contributed by atoms with Crippen LogP contribution in [-0.4, -0.2) is 33.3 Å². The van der Waals surface area contributed by atoms with Crippen molar-refractivity contribution in [3.63, 3.8) is 0 Å². The zero-order chi connectivity index (χ0) is 24.1. The standard InChI is InChI=1S/C27H46O4Si/c1-17(2)32(18(3)4,19(5)6)31-22-13-15-26(8)21(20(22)7)16-24(28)27(25(29)30-9)14-11-10-12-23(26)27/h10,12,17-23H,11,13-16H2,1-9H3/t20-,21-,22-,23+,26-,27-/m0/s1. The Morgan fingerprint density at radius 1 is 1.09 bits per heavy atom. The molecule has 0 aliphatic heterocycles. The number of fused-ring (bicyclic) bond motifs is 3. The van der Waals surface area contributed by atoms with Gasteiger partial charge in [-0.2, -0.15) is 0 Å². The van der Waals surface area contributed by atoms with E-state index in [-0.39, 0.29) is 35.1 Å². The van der Waals surface area contributed by atoms with E-state index in [0.29, 0.717) is 35.4 Å². The smallest absolute Gasteiger partial charge is 0.319 e. The maximum atomic E-state index is 13.6. The van der Waals surface area contributed by atoms with Crippen molar-refractivity contribution < 1.29 is 18.8 Å². The number of rotatable bonds is 6. The molecule has 2 fully saturated rings. The van der Waals surface area contributed by atoms with E-state index >= 15 is 0 Å². The van der Waals surface area contributed by atoms with Gasteiger partial charge in [-0.1, -0.05) is 67.5 Å². The first-order chi connectivity index (χ1) is 14.9. The van der Waals surface area contributed by atoms with Gasteiger partial charge < -0.3 is 9.16 Å². The fraction of sp³-hybridized carbons (Fsp3) is 0.852. The average molecular weight is 463 g/mol. The number of ketones is 1. The van der Waals surface area contributed by atoms with Crippen LogP contribution in [0.25, 0.3) is 0 Å². The number of allylic oxidation sites excluding steroid dienone is 2. The quantitative estimate of drug-likeness (QED) is 0.191. The van der Waals surface area contributed by atoms with Gasteiger partial charge in [0.15, 0.2) is 5.78 Å². The number of ether oxygens (including phenoxy) is 1. The van der Waals surface area contributed by atoms with Crippen molar-refractivity contribution in [2.45, 2.75) is 110 Å². The Morgan fingerprint density at radius 3 is 2.22 bits per heavy atom. The van der Waals surface area contributed by atoms with Crippen molar-refractivity contribution in [1.29, 1.82) is 0 Å². The van der Waals surface area contributed by atoms with E-state index < -0.39 is 13.7 Å². The zero-order valence-electron chi connectivity index (χ0n) is 21.9. The number of methoxy groups -OCH3 is 1. The Morgan fingerprint density at radius 2 is 1.69 bits per heavy atom. The lowest BCUT2D eigenvalue weighted by atomic mass is 9.43. The predicted octanol–water partition coefficient (Wildman–Crippen LogP) is 6.70. The molecule has 0 N–H and O–H groups in total. The van der Waals surface area contributed by atoms with Gasteiger partial charge in [0.25, 0.3) is 0 Å². The summed E-state index contributed by atoms with van der Waals surface area (Å²) in [6.07, 6.45) is 8.36. The van der Waals surface area contributed by atoms with Crippen LogP contribution in [0.2, 0.25) is 16.6 Å². The van der Waals surface area contributed by atoms with Crippen LogP contribution in [0.3, 0.4) is 0 Å². The van der Waals surface area contributed by atoms with Crippen LogP contribution < -0.4 is 0 Å². The lowest BCUT2D eigenvalue weighted by Crippen LogP contribution is -2.63. The Balaban J connectivity index is 1.97. The molecule has 3 rings (SSSR count). The van der Waals surface area contributed by atoms with Crippen LogP contribution in [0.15, 0.2) is 12.2 Å². The van der Waals surface area contributed by atoms with E-state index in [0.717, 1.165) is 19.3 Å². The molecule has 32 heavy (non-hydrogen) atoms. The first-order valence-electron chi connectivity index (χ1n) is 12.9. The molecule has 0 aromatic carbocycles. The van der Waals surface area contributed by atoms with Gasteiger partial charge in [-0.05, 0) is 59.6 Å². The summed E-state index contributed by atoms with van der Waals surface area (Å²) in [5, 5.41) is 0. The molecule has 5 heteroatoms. The maximum absolute atomic E-state index is 13.6. The van der Waals surface area contributed by atoms with Crippen LogP contribution in [0.1, 0.15) is 87.5 Å².